The van der Waals surface area contributed by atoms with Gasteiger partial charge >= 0.3 is 0 Å². The fraction of sp³-hybridized carbons (Fsp3) is 0.929. The molecule has 0 aromatic heterocycles. The average Bonchev–Trinajstić information content (AvgIpc) is 2.88. The number of likely N-dealkylation sites (tertiary alicyclic amines) is 2. The largest absolute Gasteiger partial charge is 0.347 e. The first-order valence-corrected chi connectivity index (χ1v) is 7.47. The lowest BCUT2D eigenvalue weighted by atomic mass is 9.98. The normalized spacial score (nSPS) is 31.8. The minimum atomic E-state index is -0.380. The molecular weight excluding hydrogens is 244 g/mol. The fourth-order valence-corrected chi connectivity index (χ4v) is 3.45. The number of hydrogen-bond acceptors (Lipinski definition) is 4. The zero-order valence-corrected chi connectivity index (χ0v) is 11.8. The van der Waals surface area contributed by atoms with Crippen molar-refractivity contribution in [3.63, 3.8) is 0 Å². The smallest absolute Gasteiger partial charge is 0.239 e. The number of carbonyl (C=O) groups excluding carboxylic acids is 1. The van der Waals surface area contributed by atoms with E-state index in [0.29, 0.717) is 19.1 Å². The van der Waals surface area contributed by atoms with Crippen LogP contribution in [0.2, 0.25) is 0 Å². The van der Waals surface area contributed by atoms with E-state index < -0.39 is 0 Å². The predicted molar refractivity (Wildman–Crippen MR) is 70.7 cm³/mol. The molecule has 3 aliphatic heterocycles. The highest BCUT2D eigenvalue weighted by molar-refractivity contribution is 5.82. The van der Waals surface area contributed by atoms with Crippen molar-refractivity contribution in [2.45, 2.75) is 43.9 Å². The highest BCUT2D eigenvalue weighted by atomic mass is 16.7. The van der Waals surface area contributed by atoms with Gasteiger partial charge in [-0.1, -0.05) is 6.42 Å². The molecule has 3 saturated heterocycles. The van der Waals surface area contributed by atoms with Crippen LogP contribution >= 0.6 is 0 Å². The van der Waals surface area contributed by atoms with Crippen LogP contribution < -0.4 is 0 Å². The molecule has 19 heavy (non-hydrogen) atoms. The van der Waals surface area contributed by atoms with E-state index in [1.165, 1.54) is 12.8 Å². The molecule has 3 heterocycles. The summed E-state index contributed by atoms with van der Waals surface area (Å²) in [5.74, 6) is -0.0787. The van der Waals surface area contributed by atoms with Crippen LogP contribution in [0.25, 0.3) is 0 Å². The van der Waals surface area contributed by atoms with Crippen LogP contribution in [0, 0.1) is 0 Å². The Morgan fingerprint density at radius 1 is 1.11 bits per heavy atom. The number of nitrogens with zero attached hydrogens (tertiary/aromatic N) is 2. The third kappa shape index (κ3) is 2.64. The van der Waals surface area contributed by atoms with Crippen LogP contribution in [0.5, 0.6) is 0 Å². The quantitative estimate of drug-likeness (QED) is 0.706. The molecule has 108 valence electrons. The zero-order chi connectivity index (χ0) is 13.3. The van der Waals surface area contributed by atoms with Gasteiger partial charge in [0.15, 0.2) is 5.79 Å². The van der Waals surface area contributed by atoms with E-state index in [9.17, 15) is 4.79 Å². The molecule has 0 bridgehead atoms. The van der Waals surface area contributed by atoms with Gasteiger partial charge in [0.25, 0.3) is 0 Å². The Labute approximate surface area is 114 Å². The SMILES string of the molecule is CN1CCCCC1C(=O)N1CCC2(CC1)OCCO2. The van der Waals surface area contributed by atoms with Gasteiger partial charge in [0.2, 0.25) is 5.91 Å². The molecule has 1 atom stereocenters. The standard InChI is InChI=1S/C14H24N2O3/c1-15-7-3-2-4-12(15)13(17)16-8-5-14(6-9-16)18-10-11-19-14/h12H,2-11H2,1H3. The topological polar surface area (TPSA) is 42.0 Å². The second-order valence-electron chi connectivity index (χ2n) is 5.93. The zero-order valence-electron chi connectivity index (χ0n) is 11.8. The molecule has 3 fully saturated rings. The number of amides is 1. The van der Waals surface area contributed by atoms with Crippen molar-refractivity contribution in [2.75, 3.05) is 39.9 Å². The van der Waals surface area contributed by atoms with Crippen LogP contribution in [-0.4, -0.2) is 67.4 Å². The molecule has 0 aromatic carbocycles. The van der Waals surface area contributed by atoms with Crippen molar-refractivity contribution in [1.82, 2.24) is 9.80 Å². The first kappa shape index (κ1) is 13.3. The van der Waals surface area contributed by atoms with Gasteiger partial charge in [-0.15, -0.1) is 0 Å². The van der Waals surface area contributed by atoms with Gasteiger partial charge in [-0.25, -0.2) is 0 Å². The van der Waals surface area contributed by atoms with Crippen LogP contribution in [0.1, 0.15) is 32.1 Å². The summed E-state index contributed by atoms with van der Waals surface area (Å²) in [5.41, 5.74) is 0. The lowest BCUT2D eigenvalue weighted by Crippen LogP contribution is -2.54. The molecule has 1 spiro atoms. The maximum atomic E-state index is 12.6. The number of ether oxygens (including phenoxy) is 2. The van der Waals surface area contributed by atoms with E-state index in [0.717, 1.165) is 38.9 Å². The van der Waals surface area contributed by atoms with Crippen LogP contribution in [0.15, 0.2) is 0 Å². The third-order valence-corrected chi connectivity index (χ3v) is 4.71. The summed E-state index contributed by atoms with van der Waals surface area (Å²) < 4.78 is 11.4. The molecule has 0 aromatic rings. The number of piperidine rings is 2. The van der Waals surface area contributed by atoms with E-state index in [2.05, 4.69) is 11.9 Å². The molecule has 1 unspecified atom stereocenters. The number of rotatable bonds is 1. The van der Waals surface area contributed by atoms with E-state index in [-0.39, 0.29) is 11.8 Å². The highest BCUT2D eigenvalue weighted by Crippen LogP contribution is 2.32. The minimum Gasteiger partial charge on any atom is -0.347 e. The molecule has 5 nitrogen and oxygen atoms in total. The Kier molecular flexibility index (Phi) is 3.78. The molecule has 1 amide bonds. The summed E-state index contributed by atoms with van der Waals surface area (Å²) in [7, 11) is 2.07. The summed E-state index contributed by atoms with van der Waals surface area (Å²) in [6.07, 6.45) is 5.02. The number of hydrogen-bond donors (Lipinski definition) is 0. The van der Waals surface area contributed by atoms with Gasteiger partial charge in [0.05, 0.1) is 19.3 Å². The number of carbonyl (C=O) groups is 1. The average molecular weight is 268 g/mol. The van der Waals surface area contributed by atoms with E-state index in [1.54, 1.807) is 0 Å². The molecule has 5 heteroatoms. The first-order valence-electron chi connectivity index (χ1n) is 7.47. The molecule has 3 rings (SSSR count). The molecule has 0 aliphatic carbocycles. The summed E-state index contributed by atoms with van der Waals surface area (Å²) >= 11 is 0. The van der Waals surface area contributed by atoms with Crippen molar-refractivity contribution in [1.29, 1.82) is 0 Å². The monoisotopic (exact) mass is 268 g/mol. The third-order valence-electron chi connectivity index (χ3n) is 4.71. The van der Waals surface area contributed by atoms with Gasteiger partial charge < -0.3 is 14.4 Å². The molecule has 3 aliphatic rings. The van der Waals surface area contributed by atoms with Crippen LogP contribution in [0.4, 0.5) is 0 Å². The van der Waals surface area contributed by atoms with E-state index in [1.807, 2.05) is 4.90 Å². The van der Waals surface area contributed by atoms with Gasteiger partial charge in [0, 0.05) is 25.9 Å². The highest BCUT2D eigenvalue weighted by Gasteiger charge is 2.42. The van der Waals surface area contributed by atoms with Crippen molar-refractivity contribution in [3.8, 4) is 0 Å². The van der Waals surface area contributed by atoms with Crippen molar-refractivity contribution in [2.24, 2.45) is 0 Å². The summed E-state index contributed by atoms with van der Waals surface area (Å²) in [5, 5.41) is 0. The summed E-state index contributed by atoms with van der Waals surface area (Å²) in [6, 6.07) is 0.0909. The predicted octanol–water partition coefficient (Wildman–Crippen LogP) is 0.836. The Morgan fingerprint density at radius 3 is 2.42 bits per heavy atom. The Morgan fingerprint density at radius 2 is 1.79 bits per heavy atom. The van der Waals surface area contributed by atoms with Crippen molar-refractivity contribution in [3.05, 3.63) is 0 Å². The summed E-state index contributed by atoms with van der Waals surface area (Å²) in [4.78, 5) is 16.8. The second kappa shape index (κ2) is 5.38. The van der Waals surface area contributed by atoms with Crippen molar-refractivity contribution < 1.29 is 14.3 Å². The summed E-state index contributed by atoms with van der Waals surface area (Å²) in [6.45, 7) is 3.96. The van der Waals surface area contributed by atoms with Gasteiger partial charge in [-0.3, -0.25) is 9.69 Å². The Balaban J connectivity index is 1.57. The lowest BCUT2D eigenvalue weighted by molar-refractivity contribution is -0.188. The first-order chi connectivity index (χ1) is 9.20. The Hall–Kier alpha value is -0.650. The van der Waals surface area contributed by atoms with Gasteiger partial charge in [-0.2, -0.15) is 0 Å². The molecule has 0 saturated carbocycles. The van der Waals surface area contributed by atoms with Gasteiger partial charge in [-0.05, 0) is 26.4 Å². The van der Waals surface area contributed by atoms with Crippen LogP contribution in [-0.2, 0) is 14.3 Å². The van der Waals surface area contributed by atoms with Crippen LogP contribution in [0.3, 0.4) is 0 Å². The maximum absolute atomic E-state index is 12.6. The van der Waals surface area contributed by atoms with Gasteiger partial charge in [0.1, 0.15) is 0 Å². The Bertz CT molecular complexity index is 332. The maximum Gasteiger partial charge on any atom is 0.239 e. The minimum absolute atomic E-state index is 0.0909. The molecule has 0 radical (unpaired) electrons. The van der Waals surface area contributed by atoms with Crippen molar-refractivity contribution >= 4 is 5.91 Å². The molecular formula is C14H24N2O3. The van der Waals surface area contributed by atoms with E-state index in [4.69, 9.17) is 9.47 Å². The number of likely N-dealkylation sites (N-methyl/N-ethyl adjacent to an activating group) is 1. The molecule has 0 N–H and O–H groups in total. The second-order valence-corrected chi connectivity index (χ2v) is 5.93. The van der Waals surface area contributed by atoms with E-state index >= 15 is 0 Å². The lowest BCUT2D eigenvalue weighted by Gasteiger charge is -2.41. The fourth-order valence-electron chi connectivity index (χ4n) is 3.45.